The van der Waals surface area contributed by atoms with Gasteiger partial charge in [0.2, 0.25) is 5.78 Å². The minimum Gasteiger partial charge on any atom is -0.496 e. The molecule has 0 unspecified atom stereocenters. The first-order valence-corrected chi connectivity index (χ1v) is 8.31. The number of hydrogen-bond donors (Lipinski definition) is 0. The second-order valence-electron chi connectivity index (χ2n) is 4.94. The molecule has 0 saturated carbocycles. The van der Waals surface area contributed by atoms with Crippen molar-refractivity contribution in [1.82, 2.24) is 0 Å². The Kier molecular flexibility index (Phi) is 4.83. The van der Waals surface area contributed by atoms with Gasteiger partial charge in [-0.1, -0.05) is 41.9 Å². The quantitative estimate of drug-likeness (QED) is 0.492. The van der Waals surface area contributed by atoms with Crippen LogP contribution in [-0.4, -0.2) is 25.5 Å². The Labute approximate surface area is 147 Å². The molecule has 122 valence electrons. The Hall–Kier alpha value is -2.37. The number of rotatable bonds is 5. The van der Waals surface area contributed by atoms with E-state index < -0.39 is 5.97 Å². The van der Waals surface area contributed by atoms with Crippen molar-refractivity contribution in [1.29, 1.82) is 0 Å². The van der Waals surface area contributed by atoms with E-state index in [1.54, 1.807) is 24.3 Å². The van der Waals surface area contributed by atoms with Crippen molar-refractivity contribution in [3.8, 4) is 5.75 Å². The highest BCUT2D eigenvalue weighted by molar-refractivity contribution is 7.21. The molecule has 0 radical (unpaired) electrons. The van der Waals surface area contributed by atoms with E-state index in [0.29, 0.717) is 21.2 Å². The summed E-state index contributed by atoms with van der Waals surface area (Å²) in [6, 6.07) is 14.2. The van der Waals surface area contributed by atoms with Crippen LogP contribution in [0.2, 0.25) is 5.02 Å². The van der Waals surface area contributed by atoms with Gasteiger partial charge in [-0.05, 0) is 18.2 Å². The fraction of sp³-hybridized carbons (Fsp3) is 0.111. The summed E-state index contributed by atoms with van der Waals surface area (Å²) in [6.07, 6.45) is 0. The molecular weight excluding hydrogens is 348 g/mol. The molecule has 3 aromatic rings. The smallest absolute Gasteiger partial charge is 0.350 e. The molecule has 2 aromatic carbocycles. The lowest BCUT2D eigenvalue weighted by Crippen LogP contribution is -2.14. The third-order valence-corrected chi connectivity index (χ3v) is 5.12. The summed E-state index contributed by atoms with van der Waals surface area (Å²) in [5.74, 6) is -0.499. The Morgan fingerprint density at radius 1 is 1.08 bits per heavy atom. The molecule has 24 heavy (non-hydrogen) atoms. The summed E-state index contributed by atoms with van der Waals surface area (Å²) in [6.45, 7) is -0.371. The van der Waals surface area contributed by atoms with Gasteiger partial charge in [0.25, 0.3) is 0 Å². The van der Waals surface area contributed by atoms with Gasteiger partial charge in [0.1, 0.15) is 10.6 Å². The van der Waals surface area contributed by atoms with Crippen LogP contribution >= 0.6 is 22.9 Å². The van der Waals surface area contributed by atoms with E-state index in [-0.39, 0.29) is 12.4 Å². The maximum absolute atomic E-state index is 12.2. The molecule has 6 heteroatoms. The zero-order valence-electron chi connectivity index (χ0n) is 12.7. The molecule has 0 N–H and O–H groups in total. The summed E-state index contributed by atoms with van der Waals surface area (Å²) < 4.78 is 11.2. The number of hydrogen-bond acceptors (Lipinski definition) is 5. The van der Waals surface area contributed by atoms with Crippen LogP contribution in [0.1, 0.15) is 20.0 Å². The fourth-order valence-electron chi connectivity index (χ4n) is 2.29. The predicted octanol–water partition coefficient (Wildman–Crippen LogP) is 4.60. The van der Waals surface area contributed by atoms with Crippen molar-refractivity contribution in [3.05, 3.63) is 64.0 Å². The molecule has 0 amide bonds. The standard InChI is InChI=1S/C18H13ClO4S/c1-22-14-8-4-2-6-11(14)13(20)10-23-18(21)17-16(19)12-7-3-5-9-15(12)24-17/h2-9H,10H2,1H3. The van der Waals surface area contributed by atoms with Crippen LogP contribution in [-0.2, 0) is 4.74 Å². The molecular formula is C18H13ClO4S. The van der Waals surface area contributed by atoms with Gasteiger partial charge in [0.15, 0.2) is 6.61 Å². The number of fused-ring (bicyclic) bond motifs is 1. The van der Waals surface area contributed by atoms with Crippen LogP contribution in [0.25, 0.3) is 10.1 Å². The molecule has 0 aliphatic rings. The van der Waals surface area contributed by atoms with Crippen molar-refractivity contribution in [2.24, 2.45) is 0 Å². The molecule has 0 aliphatic carbocycles. The molecule has 0 saturated heterocycles. The first-order valence-electron chi connectivity index (χ1n) is 7.12. The van der Waals surface area contributed by atoms with Gasteiger partial charge in [-0.2, -0.15) is 0 Å². The number of methoxy groups -OCH3 is 1. The normalized spacial score (nSPS) is 10.6. The summed E-state index contributed by atoms with van der Waals surface area (Å²) in [7, 11) is 1.48. The molecule has 3 rings (SSSR count). The Morgan fingerprint density at radius 2 is 1.79 bits per heavy atom. The minimum atomic E-state index is -0.607. The summed E-state index contributed by atoms with van der Waals surface area (Å²) >= 11 is 7.48. The number of benzene rings is 2. The first kappa shape index (κ1) is 16.5. The van der Waals surface area contributed by atoms with E-state index in [4.69, 9.17) is 21.1 Å². The number of Topliss-reactive ketones (excluding diaryl/α,β-unsaturated/α-hetero) is 1. The van der Waals surface area contributed by atoms with Crippen LogP contribution in [0, 0.1) is 0 Å². The zero-order chi connectivity index (χ0) is 17.1. The van der Waals surface area contributed by atoms with Gasteiger partial charge >= 0.3 is 5.97 Å². The Morgan fingerprint density at radius 3 is 2.54 bits per heavy atom. The predicted molar refractivity (Wildman–Crippen MR) is 94.4 cm³/mol. The Bertz CT molecular complexity index is 916. The Balaban J connectivity index is 1.75. The van der Waals surface area contributed by atoms with Gasteiger partial charge < -0.3 is 9.47 Å². The summed E-state index contributed by atoms with van der Waals surface area (Å²) in [5, 5.41) is 1.15. The number of para-hydroxylation sites is 1. The van der Waals surface area contributed by atoms with Crippen LogP contribution < -0.4 is 4.74 Å². The van der Waals surface area contributed by atoms with E-state index in [1.807, 2.05) is 24.3 Å². The second kappa shape index (κ2) is 7.03. The monoisotopic (exact) mass is 360 g/mol. The van der Waals surface area contributed by atoms with Crippen LogP contribution in [0.5, 0.6) is 5.75 Å². The van der Waals surface area contributed by atoms with Gasteiger partial charge in [-0.15, -0.1) is 11.3 Å². The highest BCUT2D eigenvalue weighted by atomic mass is 35.5. The van der Waals surface area contributed by atoms with E-state index in [9.17, 15) is 9.59 Å². The lowest BCUT2D eigenvalue weighted by molar-refractivity contribution is 0.0479. The number of halogens is 1. The van der Waals surface area contributed by atoms with E-state index in [0.717, 1.165) is 10.1 Å². The van der Waals surface area contributed by atoms with Crippen molar-refractivity contribution < 1.29 is 19.1 Å². The van der Waals surface area contributed by atoms with Crippen LogP contribution in [0.15, 0.2) is 48.5 Å². The summed E-state index contributed by atoms with van der Waals surface area (Å²) in [5.41, 5.74) is 0.371. The second-order valence-corrected chi connectivity index (χ2v) is 6.37. The maximum Gasteiger partial charge on any atom is 0.350 e. The zero-order valence-corrected chi connectivity index (χ0v) is 14.3. The van der Waals surface area contributed by atoms with E-state index in [2.05, 4.69) is 0 Å². The molecule has 1 heterocycles. The largest absolute Gasteiger partial charge is 0.496 e. The fourth-order valence-corrected chi connectivity index (χ4v) is 3.70. The highest BCUT2D eigenvalue weighted by Crippen LogP contribution is 2.35. The highest BCUT2D eigenvalue weighted by Gasteiger charge is 2.20. The van der Waals surface area contributed by atoms with Gasteiger partial charge in [-0.3, -0.25) is 4.79 Å². The van der Waals surface area contributed by atoms with E-state index in [1.165, 1.54) is 18.4 Å². The average molecular weight is 361 g/mol. The third-order valence-electron chi connectivity index (χ3n) is 3.46. The lowest BCUT2D eigenvalue weighted by atomic mass is 10.1. The first-order chi connectivity index (χ1) is 11.6. The molecule has 0 aliphatic heterocycles. The molecule has 0 spiro atoms. The van der Waals surface area contributed by atoms with E-state index >= 15 is 0 Å². The van der Waals surface area contributed by atoms with Crippen LogP contribution in [0.4, 0.5) is 0 Å². The molecule has 0 atom stereocenters. The number of carbonyl (C=O) groups is 2. The number of esters is 1. The number of carbonyl (C=O) groups excluding carboxylic acids is 2. The van der Waals surface area contributed by atoms with Gasteiger partial charge in [0, 0.05) is 10.1 Å². The van der Waals surface area contributed by atoms with Gasteiger partial charge in [-0.25, -0.2) is 4.79 Å². The average Bonchev–Trinajstić information content (AvgIpc) is 2.96. The molecule has 1 aromatic heterocycles. The SMILES string of the molecule is COc1ccccc1C(=O)COC(=O)c1sc2ccccc2c1Cl. The third kappa shape index (κ3) is 3.13. The van der Waals surface area contributed by atoms with Gasteiger partial charge in [0.05, 0.1) is 17.7 Å². The number of ketones is 1. The van der Waals surface area contributed by atoms with Crippen molar-refractivity contribution in [2.75, 3.05) is 13.7 Å². The van der Waals surface area contributed by atoms with Crippen molar-refractivity contribution >= 4 is 44.8 Å². The van der Waals surface area contributed by atoms with Crippen molar-refractivity contribution in [3.63, 3.8) is 0 Å². The lowest BCUT2D eigenvalue weighted by Gasteiger charge is -2.07. The number of thiophene rings is 1. The topological polar surface area (TPSA) is 52.6 Å². The maximum atomic E-state index is 12.2. The molecule has 0 bridgehead atoms. The van der Waals surface area contributed by atoms with Crippen LogP contribution in [0.3, 0.4) is 0 Å². The number of ether oxygens (including phenoxy) is 2. The van der Waals surface area contributed by atoms with Crippen molar-refractivity contribution in [2.45, 2.75) is 0 Å². The summed E-state index contributed by atoms with van der Waals surface area (Å²) in [4.78, 5) is 24.8. The molecule has 0 fully saturated rings. The minimum absolute atomic E-state index is 0.297. The molecule has 4 nitrogen and oxygen atoms in total.